The van der Waals surface area contributed by atoms with E-state index in [9.17, 15) is 8.42 Å². The minimum absolute atomic E-state index is 0.0521. The van der Waals surface area contributed by atoms with E-state index in [4.69, 9.17) is 0 Å². The SMILES string of the molecule is O=S(=O)(NCc1cccc(Br)c1)c1cccc2nonc12. The number of hydrogen-bond acceptors (Lipinski definition) is 5. The van der Waals surface area contributed by atoms with E-state index in [1.165, 1.54) is 6.07 Å². The van der Waals surface area contributed by atoms with E-state index in [1.54, 1.807) is 12.1 Å². The topological polar surface area (TPSA) is 85.1 Å². The molecule has 8 heteroatoms. The predicted octanol–water partition coefficient (Wildman–Crippen LogP) is 2.46. The van der Waals surface area contributed by atoms with Crippen molar-refractivity contribution < 1.29 is 13.0 Å². The van der Waals surface area contributed by atoms with Gasteiger partial charge < -0.3 is 0 Å². The number of fused-ring (bicyclic) bond motifs is 1. The predicted molar refractivity (Wildman–Crippen MR) is 80.0 cm³/mol. The molecule has 6 nitrogen and oxygen atoms in total. The highest BCUT2D eigenvalue weighted by atomic mass is 79.9. The Balaban J connectivity index is 1.89. The van der Waals surface area contributed by atoms with Gasteiger partial charge >= 0.3 is 0 Å². The fourth-order valence-corrected chi connectivity index (χ4v) is 3.51. The average Bonchev–Trinajstić information content (AvgIpc) is 2.93. The van der Waals surface area contributed by atoms with Gasteiger partial charge in [-0.3, -0.25) is 0 Å². The Labute approximate surface area is 129 Å². The summed E-state index contributed by atoms with van der Waals surface area (Å²) in [6.07, 6.45) is 0. The Morgan fingerprint density at radius 3 is 2.76 bits per heavy atom. The molecular weight excluding hydrogens is 358 g/mol. The van der Waals surface area contributed by atoms with Gasteiger partial charge in [-0.05, 0) is 40.1 Å². The van der Waals surface area contributed by atoms with Gasteiger partial charge in [0.25, 0.3) is 0 Å². The van der Waals surface area contributed by atoms with E-state index in [2.05, 4.69) is 35.6 Å². The maximum atomic E-state index is 12.4. The molecule has 3 aromatic rings. The minimum atomic E-state index is -3.70. The molecule has 0 fully saturated rings. The Kier molecular flexibility index (Phi) is 3.75. The lowest BCUT2D eigenvalue weighted by Crippen LogP contribution is -2.23. The van der Waals surface area contributed by atoms with Gasteiger partial charge in [0, 0.05) is 11.0 Å². The van der Waals surface area contributed by atoms with Crippen LogP contribution in [0.15, 0.2) is 56.5 Å². The molecule has 1 aromatic heterocycles. The molecule has 0 saturated carbocycles. The lowest BCUT2D eigenvalue weighted by Gasteiger charge is -2.07. The number of sulfonamides is 1. The van der Waals surface area contributed by atoms with Crippen LogP contribution in [-0.2, 0) is 16.6 Å². The van der Waals surface area contributed by atoms with Crippen molar-refractivity contribution in [1.82, 2.24) is 15.0 Å². The molecule has 0 aliphatic heterocycles. The second-order valence-electron chi connectivity index (χ2n) is 4.34. The fraction of sp³-hybridized carbons (Fsp3) is 0.0769. The smallest absolute Gasteiger partial charge is 0.243 e. The van der Waals surface area contributed by atoms with Crippen LogP contribution in [0.2, 0.25) is 0 Å². The summed E-state index contributed by atoms with van der Waals surface area (Å²) >= 11 is 3.35. The third-order valence-corrected chi connectivity index (χ3v) is 4.82. The summed E-state index contributed by atoms with van der Waals surface area (Å²) in [6.45, 7) is 0.184. The summed E-state index contributed by atoms with van der Waals surface area (Å²) < 4.78 is 32.8. The van der Waals surface area contributed by atoms with Crippen molar-refractivity contribution in [2.24, 2.45) is 0 Å². The second-order valence-corrected chi connectivity index (χ2v) is 6.99. The molecule has 1 heterocycles. The molecule has 1 N–H and O–H groups in total. The largest absolute Gasteiger partial charge is 0.243 e. The highest BCUT2D eigenvalue weighted by molar-refractivity contribution is 9.10. The lowest BCUT2D eigenvalue weighted by molar-refractivity contribution is 0.315. The number of nitrogens with zero attached hydrogens (tertiary/aromatic N) is 2. The first-order chi connectivity index (χ1) is 10.1. The van der Waals surface area contributed by atoms with Crippen LogP contribution in [0.25, 0.3) is 11.0 Å². The first-order valence-electron chi connectivity index (χ1n) is 6.02. The van der Waals surface area contributed by atoms with E-state index in [0.717, 1.165) is 10.0 Å². The molecule has 0 aliphatic carbocycles. The van der Waals surface area contributed by atoms with E-state index < -0.39 is 10.0 Å². The zero-order chi connectivity index (χ0) is 14.9. The van der Waals surface area contributed by atoms with Crippen LogP contribution in [0.5, 0.6) is 0 Å². The number of rotatable bonds is 4. The molecule has 0 radical (unpaired) electrons. The first-order valence-corrected chi connectivity index (χ1v) is 8.29. The molecule has 3 rings (SSSR count). The van der Waals surface area contributed by atoms with Crippen LogP contribution in [0, 0.1) is 0 Å². The van der Waals surface area contributed by atoms with Crippen LogP contribution < -0.4 is 4.72 Å². The van der Waals surface area contributed by atoms with E-state index >= 15 is 0 Å². The Morgan fingerprint density at radius 2 is 1.95 bits per heavy atom. The second kappa shape index (κ2) is 5.55. The van der Waals surface area contributed by atoms with Crippen molar-refractivity contribution in [3.8, 4) is 0 Å². The van der Waals surface area contributed by atoms with Crippen molar-refractivity contribution >= 4 is 37.0 Å². The van der Waals surface area contributed by atoms with Gasteiger partial charge in [-0.2, -0.15) is 0 Å². The number of aromatic nitrogens is 2. The van der Waals surface area contributed by atoms with Gasteiger partial charge in [0.05, 0.1) is 0 Å². The molecule has 0 unspecified atom stereocenters. The highest BCUT2D eigenvalue weighted by Crippen LogP contribution is 2.20. The molecule has 0 saturated heterocycles. The molecule has 108 valence electrons. The lowest BCUT2D eigenvalue weighted by atomic mass is 10.2. The summed E-state index contributed by atoms with van der Waals surface area (Å²) in [5, 5.41) is 7.28. The third-order valence-electron chi connectivity index (χ3n) is 2.89. The van der Waals surface area contributed by atoms with Crippen molar-refractivity contribution in [2.75, 3.05) is 0 Å². The molecule has 21 heavy (non-hydrogen) atoms. The molecule has 2 aromatic carbocycles. The van der Waals surface area contributed by atoms with Gasteiger partial charge in [-0.15, -0.1) is 0 Å². The summed E-state index contributed by atoms with van der Waals surface area (Å²) in [5.74, 6) is 0. The normalized spacial score (nSPS) is 11.9. The van der Waals surface area contributed by atoms with Crippen molar-refractivity contribution in [3.05, 3.63) is 52.5 Å². The van der Waals surface area contributed by atoms with Crippen molar-refractivity contribution in [1.29, 1.82) is 0 Å². The van der Waals surface area contributed by atoms with Crippen LogP contribution in [-0.4, -0.2) is 18.7 Å². The average molecular weight is 368 g/mol. The summed E-state index contributed by atoms with van der Waals surface area (Å²) in [7, 11) is -3.70. The molecule has 0 aliphatic rings. The van der Waals surface area contributed by atoms with Gasteiger partial charge in [-0.1, -0.05) is 34.1 Å². The number of hydrogen-bond donors (Lipinski definition) is 1. The fourth-order valence-electron chi connectivity index (χ4n) is 1.90. The number of benzene rings is 2. The van der Waals surface area contributed by atoms with E-state index in [1.807, 2.05) is 24.3 Å². The Morgan fingerprint density at radius 1 is 1.14 bits per heavy atom. The number of halogens is 1. The zero-order valence-electron chi connectivity index (χ0n) is 10.7. The quantitative estimate of drug-likeness (QED) is 0.765. The minimum Gasteiger partial charge on any atom is -0.243 e. The zero-order valence-corrected chi connectivity index (χ0v) is 13.1. The van der Waals surface area contributed by atoms with E-state index in [-0.39, 0.29) is 17.0 Å². The van der Waals surface area contributed by atoms with Gasteiger partial charge in [0.2, 0.25) is 10.0 Å². The molecular formula is C13H10BrN3O3S. The third kappa shape index (κ3) is 2.97. The van der Waals surface area contributed by atoms with Crippen molar-refractivity contribution in [2.45, 2.75) is 11.4 Å². The van der Waals surface area contributed by atoms with E-state index in [0.29, 0.717) is 5.52 Å². The monoisotopic (exact) mass is 367 g/mol. The van der Waals surface area contributed by atoms with Crippen LogP contribution >= 0.6 is 15.9 Å². The molecule has 0 atom stereocenters. The summed E-state index contributed by atoms with van der Waals surface area (Å²) in [5.41, 5.74) is 1.47. The molecule has 0 bridgehead atoms. The molecule has 0 spiro atoms. The van der Waals surface area contributed by atoms with Crippen LogP contribution in [0.1, 0.15) is 5.56 Å². The summed E-state index contributed by atoms with van der Waals surface area (Å²) in [4.78, 5) is 0.0521. The van der Waals surface area contributed by atoms with Crippen LogP contribution in [0.3, 0.4) is 0 Å². The van der Waals surface area contributed by atoms with Gasteiger partial charge in [0.15, 0.2) is 5.52 Å². The highest BCUT2D eigenvalue weighted by Gasteiger charge is 2.19. The maximum absolute atomic E-state index is 12.4. The first kappa shape index (κ1) is 14.2. The maximum Gasteiger partial charge on any atom is 0.243 e. The standard InChI is InChI=1S/C13H10BrN3O3S/c14-10-4-1-3-9(7-10)8-15-21(18,19)12-6-2-5-11-13(12)17-20-16-11/h1-7,15H,8H2. The summed E-state index contributed by atoms with van der Waals surface area (Å²) in [6, 6.07) is 12.1. The van der Waals surface area contributed by atoms with Crippen molar-refractivity contribution in [3.63, 3.8) is 0 Å². The molecule has 0 amide bonds. The Hall–Kier alpha value is -1.77. The van der Waals surface area contributed by atoms with Gasteiger partial charge in [0.1, 0.15) is 10.4 Å². The number of nitrogens with one attached hydrogen (secondary N) is 1. The van der Waals surface area contributed by atoms with Crippen LogP contribution in [0.4, 0.5) is 0 Å². The van der Waals surface area contributed by atoms with Gasteiger partial charge in [-0.25, -0.2) is 17.8 Å². The Bertz CT molecular complexity index is 892.